The molecular weight excluding hydrogens is 478 g/mol. The average Bonchev–Trinajstić information content (AvgIpc) is 3.00. The van der Waals surface area contributed by atoms with Gasteiger partial charge in [0.15, 0.2) is 0 Å². The highest BCUT2D eigenvalue weighted by atomic mass is 19.3. The molecular formula is C30H52F2O5. The Morgan fingerprint density at radius 1 is 1.16 bits per heavy atom. The molecule has 10 atom stereocenters. The van der Waals surface area contributed by atoms with Crippen LogP contribution in [-0.4, -0.2) is 39.3 Å². The Balaban J connectivity index is 3.83. The van der Waals surface area contributed by atoms with E-state index in [1.54, 1.807) is 6.92 Å². The van der Waals surface area contributed by atoms with Gasteiger partial charge in [-0.1, -0.05) is 75.2 Å². The van der Waals surface area contributed by atoms with Crippen molar-refractivity contribution in [2.45, 2.75) is 119 Å². The van der Waals surface area contributed by atoms with Gasteiger partial charge in [-0.15, -0.1) is 0 Å². The van der Waals surface area contributed by atoms with Crippen molar-refractivity contribution in [1.82, 2.24) is 0 Å². The molecule has 0 heterocycles. The van der Waals surface area contributed by atoms with Gasteiger partial charge in [-0.3, -0.25) is 14.4 Å². The lowest BCUT2D eigenvalue weighted by Gasteiger charge is -2.44. The van der Waals surface area contributed by atoms with Crippen LogP contribution in [0.5, 0.6) is 0 Å². The topological polar surface area (TPSA) is 91.7 Å². The highest BCUT2D eigenvalue weighted by Crippen LogP contribution is 2.58. The molecule has 0 radical (unpaired) electrons. The molecule has 1 rings (SSSR count). The second kappa shape index (κ2) is 12.7. The highest BCUT2D eigenvalue weighted by molar-refractivity contribution is 5.92. The van der Waals surface area contributed by atoms with Crippen molar-refractivity contribution in [2.24, 2.45) is 52.7 Å². The molecule has 2 N–H and O–H groups in total. The van der Waals surface area contributed by atoms with Gasteiger partial charge in [0.25, 0.3) is 0 Å². The zero-order chi connectivity index (χ0) is 36.4. The number of Topliss-reactive ketones (excluding diaryl/α,β-unsaturated/α-hetero) is 2. The summed E-state index contributed by atoms with van der Waals surface area (Å²) in [7, 11) is 0. The summed E-state index contributed by atoms with van der Waals surface area (Å²) in [5.74, 6) is -24.0. The summed E-state index contributed by atoms with van der Waals surface area (Å²) < 4.78 is 100. The summed E-state index contributed by atoms with van der Waals surface area (Å²) in [4.78, 5) is 38.8. The van der Waals surface area contributed by atoms with Gasteiger partial charge in [-0.2, -0.15) is 8.78 Å². The van der Waals surface area contributed by atoms with E-state index >= 15 is 8.78 Å². The molecule has 0 aromatic heterocycles. The third-order valence-electron chi connectivity index (χ3n) is 8.54. The normalized spacial score (nSPS) is 38.8. The Labute approximate surface area is 234 Å². The van der Waals surface area contributed by atoms with Gasteiger partial charge in [0.1, 0.15) is 5.78 Å². The third-order valence-corrected chi connectivity index (χ3v) is 8.54. The second-order valence-electron chi connectivity index (χ2n) is 11.4. The van der Waals surface area contributed by atoms with E-state index in [2.05, 4.69) is 0 Å². The zero-order valence-electron chi connectivity index (χ0n) is 32.0. The Hall–Kier alpha value is -1.37. The third kappa shape index (κ3) is 7.39. The van der Waals surface area contributed by atoms with Crippen molar-refractivity contribution in [3.63, 3.8) is 0 Å². The molecule has 7 heteroatoms. The van der Waals surface area contributed by atoms with Crippen LogP contribution in [0.15, 0.2) is 0 Å². The number of aliphatic carboxylic acids is 1. The molecule has 0 spiro atoms. The van der Waals surface area contributed by atoms with Crippen LogP contribution in [0.4, 0.5) is 8.78 Å². The predicted octanol–water partition coefficient (Wildman–Crippen LogP) is 7.04. The van der Waals surface area contributed by atoms with E-state index in [-0.39, 0.29) is 0 Å². The van der Waals surface area contributed by atoms with E-state index in [0.29, 0.717) is 19.8 Å². The van der Waals surface area contributed by atoms with Crippen LogP contribution in [0, 0.1) is 52.7 Å². The molecule has 1 fully saturated rings. The van der Waals surface area contributed by atoms with Crippen molar-refractivity contribution in [3.8, 4) is 0 Å². The fourth-order valence-corrected chi connectivity index (χ4v) is 5.89. The number of carbonyl (C=O) groups is 3. The molecule has 37 heavy (non-hydrogen) atoms. The Bertz CT molecular complexity index is 1160. The van der Waals surface area contributed by atoms with Crippen molar-refractivity contribution in [2.75, 3.05) is 0 Å². The van der Waals surface area contributed by atoms with Gasteiger partial charge in [0, 0.05) is 46.9 Å². The smallest absolute Gasteiger partial charge is 0.305 e. The van der Waals surface area contributed by atoms with E-state index in [9.17, 15) is 27.3 Å². The van der Waals surface area contributed by atoms with E-state index in [0.717, 1.165) is 20.8 Å². The van der Waals surface area contributed by atoms with E-state index in [1.165, 1.54) is 27.7 Å². The molecule has 0 aromatic carbocycles. The first-order valence-corrected chi connectivity index (χ1v) is 13.1. The first-order valence-electron chi connectivity index (χ1n) is 17.1. The molecule has 0 bridgehead atoms. The lowest BCUT2D eigenvalue weighted by atomic mass is 9.59. The Morgan fingerprint density at radius 3 is 2.19 bits per heavy atom. The van der Waals surface area contributed by atoms with Gasteiger partial charge < -0.3 is 10.2 Å². The van der Waals surface area contributed by atoms with Crippen molar-refractivity contribution < 1.29 is 44.3 Å². The number of ketones is 2. The molecule has 1 saturated carbocycles. The number of alkyl halides is 2. The molecule has 5 nitrogen and oxygen atoms in total. The summed E-state index contributed by atoms with van der Waals surface area (Å²) in [6.45, 7) is 12.0. The van der Waals surface area contributed by atoms with Crippen molar-refractivity contribution >= 4 is 17.5 Å². The second-order valence-corrected chi connectivity index (χ2v) is 11.4. The first-order chi connectivity index (χ1) is 19.6. The predicted molar refractivity (Wildman–Crippen MR) is 142 cm³/mol. The molecule has 0 aliphatic heterocycles. The number of carboxylic acids is 1. The van der Waals surface area contributed by atoms with Gasteiger partial charge in [0.2, 0.25) is 5.78 Å². The van der Waals surface area contributed by atoms with Gasteiger partial charge in [0.05, 0.1) is 5.60 Å². The van der Waals surface area contributed by atoms with Crippen LogP contribution < -0.4 is 0 Å². The van der Waals surface area contributed by atoms with Crippen LogP contribution in [0.3, 0.4) is 0 Å². The molecule has 7 unspecified atom stereocenters. The number of rotatable bonds is 15. The molecule has 0 aromatic rings. The number of carbonyl (C=O) groups excluding carboxylic acids is 2. The minimum Gasteiger partial charge on any atom is -0.481 e. The summed E-state index contributed by atoms with van der Waals surface area (Å²) in [5.41, 5.74) is -4.14. The molecule has 1 aliphatic rings. The number of aliphatic hydroxyl groups is 1. The highest BCUT2D eigenvalue weighted by Gasteiger charge is 2.64. The summed E-state index contributed by atoms with van der Waals surface area (Å²) in [6, 6.07) is 0. The lowest BCUT2D eigenvalue weighted by Crippen LogP contribution is -2.47. The maximum absolute atomic E-state index is 15.1. The number of halogens is 2. The first kappa shape index (κ1) is 22.4. The van der Waals surface area contributed by atoms with Crippen LogP contribution >= 0.6 is 0 Å². The Morgan fingerprint density at radius 2 is 1.70 bits per heavy atom. The van der Waals surface area contributed by atoms with Crippen molar-refractivity contribution in [3.05, 3.63) is 0 Å². The number of hydrogen-bond acceptors (Lipinski definition) is 4. The summed E-state index contributed by atoms with van der Waals surface area (Å²) in [5, 5.41) is 21.1. The van der Waals surface area contributed by atoms with Crippen LogP contribution in [0.1, 0.15) is 119 Å². The summed E-state index contributed by atoms with van der Waals surface area (Å²) in [6.07, 6.45) is -7.09. The van der Waals surface area contributed by atoms with Crippen molar-refractivity contribution in [1.29, 1.82) is 0 Å². The fraction of sp³-hybridized carbons (Fsp3) is 0.900. The molecule has 216 valence electrons. The van der Waals surface area contributed by atoms with Gasteiger partial charge in [-0.05, 0) is 49.2 Å². The average molecular weight is 539 g/mol. The monoisotopic (exact) mass is 538 g/mol. The quantitative estimate of drug-likeness (QED) is 0.233. The molecule has 0 saturated heterocycles. The largest absolute Gasteiger partial charge is 0.481 e. The maximum Gasteiger partial charge on any atom is 0.305 e. The maximum atomic E-state index is 15.1. The summed E-state index contributed by atoms with van der Waals surface area (Å²) >= 11 is 0. The fourth-order valence-electron chi connectivity index (χ4n) is 5.89. The number of hydrogen-bond donors (Lipinski definition) is 2. The van der Waals surface area contributed by atoms with Gasteiger partial charge >= 0.3 is 11.9 Å². The van der Waals surface area contributed by atoms with E-state index in [4.69, 9.17) is 8.22 Å². The zero-order valence-corrected chi connectivity index (χ0v) is 24.0. The molecule has 1 aliphatic carbocycles. The minimum atomic E-state index is -3.71. The SMILES string of the molecule is [2H]C([2H])(C(=O)O)C([2H])(C)C([2H])([2H])C([2H])(C)C([2H])(C)C([2H])(C)[C@@]1(C)C(=O)C(C)[C@@](C)(O)[C@@H]1CC(C)C(=O)C(F)(F)CC(C)CCC. The standard InChI is InChI=1S/C30H52F2O5/c1-11-12-17(2)16-30(31,32)26(35)20(5)15-24-28(9,27(36)23(8)29(24,10)37)22(7)21(6)19(4)13-18(3)14-25(33)34/h17-24,37H,11-16H2,1-10H3,(H,33,34)/t17?,18?,19?,20?,21?,22?,23?,24-,28-,29-/m1/s1/i13D2,14D2,18D,19D,21D,22D. The Kier molecular flexibility index (Phi) is 7.68. The minimum absolute atomic E-state index is 0.456. The lowest BCUT2D eigenvalue weighted by molar-refractivity contribution is -0.152. The van der Waals surface area contributed by atoms with E-state index in [1.807, 2.05) is 6.92 Å². The number of carboxylic acid groups (broad SMARTS) is 1. The molecule has 0 amide bonds. The van der Waals surface area contributed by atoms with Crippen LogP contribution in [-0.2, 0) is 14.4 Å². The van der Waals surface area contributed by atoms with Crippen LogP contribution in [0.2, 0.25) is 0 Å². The van der Waals surface area contributed by atoms with Gasteiger partial charge in [-0.25, -0.2) is 0 Å². The van der Waals surface area contributed by atoms with E-state index < -0.39 is 107 Å². The van der Waals surface area contributed by atoms with Crippen LogP contribution in [0.25, 0.3) is 0 Å².